The van der Waals surface area contributed by atoms with Crippen LogP contribution in [0.25, 0.3) is 0 Å². The van der Waals surface area contributed by atoms with Crippen LogP contribution in [0.5, 0.6) is 0 Å². The van der Waals surface area contributed by atoms with Crippen molar-refractivity contribution in [1.82, 2.24) is 15.5 Å². The van der Waals surface area contributed by atoms with Crippen LogP contribution in [0, 0.1) is 5.41 Å². The molecule has 1 heterocycles. The van der Waals surface area contributed by atoms with Crippen molar-refractivity contribution in [3.63, 3.8) is 0 Å². The van der Waals surface area contributed by atoms with Crippen molar-refractivity contribution in [2.45, 2.75) is 90.8 Å². The van der Waals surface area contributed by atoms with Crippen LogP contribution in [0.3, 0.4) is 0 Å². The van der Waals surface area contributed by atoms with Crippen molar-refractivity contribution in [3.8, 4) is 0 Å². The Kier molecular flexibility index (Phi) is 6.71. The van der Waals surface area contributed by atoms with E-state index in [1.54, 1.807) is 0 Å². The fourth-order valence-corrected chi connectivity index (χ4v) is 3.36. The first kappa shape index (κ1) is 21.9. The van der Waals surface area contributed by atoms with Gasteiger partial charge < -0.3 is 20.6 Å². The Bertz CT molecular complexity index is 564. The lowest BCUT2D eigenvalue weighted by Gasteiger charge is -2.43. The minimum atomic E-state index is -4.32. The van der Waals surface area contributed by atoms with E-state index in [0.29, 0.717) is 25.0 Å². The zero-order valence-electron chi connectivity index (χ0n) is 16.9. The van der Waals surface area contributed by atoms with E-state index in [2.05, 4.69) is 41.3 Å². The molecule has 3 N–H and O–H groups in total. The first-order valence-electron chi connectivity index (χ1n) is 9.66. The highest BCUT2D eigenvalue weighted by atomic mass is 19.4. The summed E-state index contributed by atoms with van der Waals surface area (Å²) in [7, 11) is 0. The molecule has 27 heavy (non-hydrogen) atoms. The fourth-order valence-electron chi connectivity index (χ4n) is 3.36. The minimum Gasteiger partial charge on any atom is -0.386 e. The van der Waals surface area contributed by atoms with Crippen molar-refractivity contribution in [3.05, 3.63) is 11.8 Å². The molecule has 0 saturated heterocycles. The van der Waals surface area contributed by atoms with Gasteiger partial charge in [-0.25, -0.2) is 0 Å². The summed E-state index contributed by atoms with van der Waals surface area (Å²) in [4.78, 5) is 6.71. The Morgan fingerprint density at radius 1 is 1.33 bits per heavy atom. The van der Waals surface area contributed by atoms with Crippen molar-refractivity contribution in [2.75, 3.05) is 6.54 Å². The number of aliphatic hydroxyl groups is 1. The van der Waals surface area contributed by atoms with Gasteiger partial charge in [0.15, 0.2) is 5.96 Å². The van der Waals surface area contributed by atoms with Crippen LogP contribution in [0.15, 0.2) is 16.8 Å². The monoisotopic (exact) mass is 390 g/mol. The van der Waals surface area contributed by atoms with E-state index in [1.807, 2.05) is 6.92 Å². The topological polar surface area (TPSA) is 59.9 Å². The molecule has 0 bridgehead atoms. The quantitative estimate of drug-likeness (QED) is 0.609. The normalized spacial score (nSPS) is 24.3. The number of aliphatic hydroxyl groups excluding tert-OH is 1. The van der Waals surface area contributed by atoms with Gasteiger partial charge in [0.2, 0.25) is 0 Å². The van der Waals surface area contributed by atoms with Crippen LogP contribution in [0.1, 0.15) is 60.3 Å². The Labute approximate surface area is 160 Å². The van der Waals surface area contributed by atoms with Gasteiger partial charge >= 0.3 is 6.18 Å². The molecule has 3 atom stereocenters. The number of hydrogen-bond acceptors (Lipinski definition) is 5. The summed E-state index contributed by atoms with van der Waals surface area (Å²) in [5.74, 6) is 0.659. The lowest BCUT2D eigenvalue weighted by atomic mass is 9.89. The van der Waals surface area contributed by atoms with Crippen molar-refractivity contribution < 1.29 is 18.3 Å². The molecular formula is C19H33F3N4O. The second kappa shape index (κ2) is 8.29. The van der Waals surface area contributed by atoms with Crippen LogP contribution in [-0.2, 0) is 0 Å². The van der Waals surface area contributed by atoms with Crippen molar-refractivity contribution in [2.24, 2.45) is 10.4 Å². The van der Waals surface area contributed by atoms with E-state index in [1.165, 1.54) is 0 Å². The largest absolute Gasteiger partial charge is 0.413 e. The van der Waals surface area contributed by atoms with Gasteiger partial charge in [0.25, 0.3) is 0 Å². The predicted octanol–water partition coefficient (Wildman–Crippen LogP) is 3.37. The maximum absolute atomic E-state index is 12.7. The number of nitrogens with one attached hydrogen (secondary N) is 2. The predicted molar refractivity (Wildman–Crippen MR) is 101 cm³/mol. The molecule has 0 radical (unpaired) electrons. The van der Waals surface area contributed by atoms with Crippen molar-refractivity contribution >= 4 is 5.96 Å². The molecule has 0 amide bonds. The number of allylic oxidation sites excluding steroid dienone is 1. The third-order valence-electron chi connectivity index (χ3n) is 5.19. The molecule has 0 spiro atoms. The summed E-state index contributed by atoms with van der Waals surface area (Å²) in [5.41, 5.74) is -0.677. The van der Waals surface area contributed by atoms with E-state index in [9.17, 15) is 18.3 Å². The maximum atomic E-state index is 12.7. The molecule has 0 aromatic heterocycles. The van der Waals surface area contributed by atoms with Crippen molar-refractivity contribution in [1.29, 1.82) is 0 Å². The average molecular weight is 390 g/mol. The molecule has 1 aliphatic carbocycles. The summed E-state index contributed by atoms with van der Waals surface area (Å²) in [5, 5.41) is 16.4. The fraction of sp³-hybridized carbons (Fsp3) is 0.842. The molecule has 3 unspecified atom stereocenters. The molecular weight excluding hydrogens is 357 g/mol. The number of aliphatic imine (C=N–C) groups is 1. The zero-order valence-corrected chi connectivity index (χ0v) is 16.9. The van der Waals surface area contributed by atoms with Gasteiger partial charge in [0.1, 0.15) is 6.23 Å². The van der Waals surface area contributed by atoms with Crippen LogP contribution in [0.2, 0.25) is 0 Å². The zero-order chi connectivity index (χ0) is 20.4. The highest BCUT2D eigenvalue weighted by Crippen LogP contribution is 2.31. The highest BCUT2D eigenvalue weighted by Gasteiger charge is 2.40. The first-order chi connectivity index (χ1) is 12.4. The van der Waals surface area contributed by atoms with E-state index >= 15 is 0 Å². The van der Waals surface area contributed by atoms with Crippen LogP contribution in [-0.4, -0.2) is 53.0 Å². The molecule has 2 aliphatic rings. The van der Waals surface area contributed by atoms with E-state index in [4.69, 9.17) is 0 Å². The Balaban J connectivity index is 2.03. The molecule has 8 heteroatoms. The van der Waals surface area contributed by atoms with Gasteiger partial charge in [-0.15, -0.1) is 0 Å². The SMILES string of the molecule is C/C(=C\NC(C)C1CN=C(NC(O)CC(C)(C)C)N1C1CCC1)C(F)(F)F. The average Bonchev–Trinajstić information content (AvgIpc) is 2.83. The molecule has 156 valence electrons. The standard InChI is InChI=1S/C19H33F3N4O/c1-12(19(20,21)22)10-23-13(2)15-11-24-17(26(15)14-7-6-8-14)25-16(27)9-18(3,4)5/h10,13-16,23,27H,6-9,11H2,1-5H3,(H,24,25)/b12-10+. The summed E-state index contributed by atoms with van der Waals surface area (Å²) < 4.78 is 38.1. The summed E-state index contributed by atoms with van der Waals surface area (Å²) >= 11 is 0. The van der Waals surface area contributed by atoms with Gasteiger partial charge in [0, 0.05) is 23.9 Å². The molecule has 1 saturated carbocycles. The second-order valence-electron chi connectivity index (χ2n) is 8.93. The maximum Gasteiger partial charge on any atom is 0.413 e. The minimum absolute atomic E-state index is 0.0267. The summed E-state index contributed by atoms with van der Waals surface area (Å²) in [6, 6.07) is 0.0742. The molecule has 0 aromatic rings. The summed E-state index contributed by atoms with van der Waals surface area (Å²) in [6.07, 6.45) is -0.189. The van der Waals surface area contributed by atoms with E-state index < -0.39 is 18.0 Å². The molecule has 5 nitrogen and oxygen atoms in total. The molecule has 1 fully saturated rings. The molecule has 0 aromatic carbocycles. The first-order valence-corrected chi connectivity index (χ1v) is 9.66. The van der Waals surface area contributed by atoms with Gasteiger partial charge in [-0.3, -0.25) is 4.99 Å². The van der Waals surface area contributed by atoms with Gasteiger partial charge in [0.05, 0.1) is 12.6 Å². The Hall–Kier alpha value is -1.44. The Morgan fingerprint density at radius 3 is 2.44 bits per heavy atom. The number of guanidine groups is 1. The number of alkyl halides is 3. The van der Waals surface area contributed by atoms with Gasteiger partial charge in [-0.2, -0.15) is 13.2 Å². The number of rotatable bonds is 6. The van der Waals surface area contributed by atoms with Crippen LogP contribution in [0.4, 0.5) is 13.2 Å². The molecule has 1 aliphatic heterocycles. The van der Waals surface area contributed by atoms with Gasteiger partial charge in [-0.1, -0.05) is 20.8 Å². The third-order valence-corrected chi connectivity index (χ3v) is 5.19. The highest BCUT2D eigenvalue weighted by molar-refractivity contribution is 5.82. The van der Waals surface area contributed by atoms with E-state index in [-0.39, 0.29) is 17.5 Å². The van der Waals surface area contributed by atoms with Crippen LogP contribution < -0.4 is 10.6 Å². The lowest BCUT2D eigenvalue weighted by molar-refractivity contribution is -0.0917. The molecule has 2 rings (SSSR count). The third kappa shape index (κ3) is 6.02. The smallest absolute Gasteiger partial charge is 0.386 e. The Morgan fingerprint density at radius 2 is 1.96 bits per heavy atom. The van der Waals surface area contributed by atoms with E-state index in [0.717, 1.165) is 32.4 Å². The number of nitrogens with zero attached hydrogens (tertiary/aromatic N) is 2. The second-order valence-corrected chi connectivity index (χ2v) is 8.93. The van der Waals surface area contributed by atoms with Crippen LogP contribution >= 0.6 is 0 Å². The summed E-state index contributed by atoms with van der Waals surface area (Å²) in [6.45, 7) is 9.60. The number of hydrogen-bond donors (Lipinski definition) is 3. The lowest BCUT2D eigenvalue weighted by Crippen LogP contribution is -2.58. The number of halogens is 3. The van der Waals surface area contributed by atoms with Gasteiger partial charge in [-0.05, 0) is 44.9 Å².